The molecule has 11 heteroatoms. The van der Waals surface area contributed by atoms with Crippen LogP contribution in [0.5, 0.6) is 0 Å². The van der Waals surface area contributed by atoms with Crippen LogP contribution in [0.4, 0.5) is 13.2 Å². The largest absolute Gasteiger partial charge is 0.451 e. The van der Waals surface area contributed by atoms with Gasteiger partial charge in [0.2, 0.25) is 0 Å². The van der Waals surface area contributed by atoms with Gasteiger partial charge in [-0.05, 0) is 38.7 Å². The van der Waals surface area contributed by atoms with Crippen LogP contribution in [-0.2, 0) is 4.74 Å². The third-order valence-electron chi connectivity index (χ3n) is 6.55. The molecule has 2 aliphatic rings. The van der Waals surface area contributed by atoms with Crippen LogP contribution in [0.25, 0.3) is 5.65 Å². The second-order valence-electron chi connectivity index (χ2n) is 8.74. The lowest BCUT2D eigenvalue weighted by Gasteiger charge is -2.32. The number of carbonyl (C=O) groups excluding carboxylic acids is 1. The predicted octanol–water partition coefficient (Wildman–Crippen LogP) is 4.08. The van der Waals surface area contributed by atoms with E-state index in [9.17, 15) is 18.0 Å². The highest BCUT2D eigenvalue weighted by molar-refractivity contribution is 5.92. The minimum atomic E-state index is -4.14. The number of fused-ring (bicyclic) bond motifs is 1. The second kappa shape index (κ2) is 8.44. The van der Waals surface area contributed by atoms with E-state index in [1.54, 1.807) is 9.42 Å². The van der Waals surface area contributed by atoms with Crippen molar-refractivity contribution in [3.63, 3.8) is 0 Å². The van der Waals surface area contributed by atoms with Crippen molar-refractivity contribution in [3.05, 3.63) is 47.6 Å². The molecule has 33 heavy (non-hydrogen) atoms. The molecule has 3 aromatic rings. The van der Waals surface area contributed by atoms with Crippen molar-refractivity contribution in [2.24, 2.45) is 5.92 Å². The Bertz CT molecular complexity index is 1140. The first-order chi connectivity index (χ1) is 15.8. The van der Waals surface area contributed by atoms with E-state index in [1.165, 1.54) is 12.7 Å². The van der Waals surface area contributed by atoms with Gasteiger partial charge in [-0.15, -0.1) is 0 Å². The summed E-state index contributed by atoms with van der Waals surface area (Å²) in [6.07, 6.45) is -0.900. The number of halogens is 3. The maximum absolute atomic E-state index is 13.0. The quantitative estimate of drug-likeness (QED) is 0.582. The van der Waals surface area contributed by atoms with E-state index in [2.05, 4.69) is 9.97 Å². The molecule has 0 unspecified atom stereocenters. The first-order valence-corrected chi connectivity index (χ1v) is 11.0. The number of aryl methyl sites for hydroxylation is 1. The number of morpholine rings is 1. The van der Waals surface area contributed by atoms with Crippen LogP contribution >= 0.6 is 0 Å². The van der Waals surface area contributed by atoms with Crippen molar-refractivity contribution < 1.29 is 27.1 Å². The van der Waals surface area contributed by atoms with Crippen molar-refractivity contribution in [2.75, 3.05) is 19.7 Å². The molecule has 0 bridgehead atoms. The van der Waals surface area contributed by atoms with Crippen LogP contribution < -0.4 is 0 Å². The number of hydrogen-bond acceptors (Lipinski definition) is 6. The summed E-state index contributed by atoms with van der Waals surface area (Å²) in [6.45, 7) is 2.97. The third kappa shape index (κ3) is 4.33. The first-order valence-electron chi connectivity index (χ1n) is 11.0. The number of alkyl halides is 3. The summed E-state index contributed by atoms with van der Waals surface area (Å²) in [5.41, 5.74) is 3.14. The lowest BCUT2D eigenvalue weighted by atomic mass is 9.80. The highest BCUT2D eigenvalue weighted by Crippen LogP contribution is 2.42. The van der Waals surface area contributed by atoms with Crippen molar-refractivity contribution in [1.29, 1.82) is 0 Å². The Morgan fingerprint density at radius 1 is 1.18 bits per heavy atom. The molecule has 2 fully saturated rings. The predicted molar refractivity (Wildman–Crippen MR) is 110 cm³/mol. The van der Waals surface area contributed by atoms with Crippen molar-refractivity contribution in [2.45, 2.75) is 50.8 Å². The van der Waals surface area contributed by atoms with Crippen molar-refractivity contribution in [1.82, 2.24) is 24.5 Å². The fourth-order valence-electron chi connectivity index (χ4n) is 4.78. The molecule has 5 rings (SSSR count). The molecule has 1 amide bonds. The first kappa shape index (κ1) is 21.9. The number of ether oxygens (including phenoxy) is 1. The van der Waals surface area contributed by atoms with Gasteiger partial charge < -0.3 is 14.1 Å². The summed E-state index contributed by atoms with van der Waals surface area (Å²) in [6, 6.07) is 3.73. The van der Waals surface area contributed by atoms with Crippen molar-refractivity contribution in [3.8, 4) is 0 Å². The second-order valence-corrected chi connectivity index (χ2v) is 8.74. The van der Waals surface area contributed by atoms with Gasteiger partial charge >= 0.3 is 6.18 Å². The summed E-state index contributed by atoms with van der Waals surface area (Å²) in [5, 5.41) is 4.72. The van der Waals surface area contributed by atoms with E-state index < -0.39 is 18.2 Å². The Morgan fingerprint density at radius 2 is 1.97 bits per heavy atom. The fraction of sp³-hybridized carbons (Fsp3) is 0.545. The Labute approximate surface area is 187 Å². The lowest BCUT2D eigenvalue weighted by molar-refractivity contribution is -0.182. The molecule has 176 valence electrons. The molecule has 0 aromatic carbocycles. The Hall–Kier alpha value is -2.95. The summed E-state index contributed by atoms with van der Waals surface area (Å²) >= 11 is 0. The van der Waals surface area contributed by atoms with Crippen LogP contribution in [0.2, 0.25) is 0 Å². The van der Waals surface area contributed by atoms with Gasteiger partial charge in [0.1, 0.15) is 12.4 Å². The summed E-state index contributed by atoms with van der Waals surface area (Å²) in [4.78, 5) is 22.9. The number of aromatic nitrogens is 4. The highest BCUT2D eigenvalue weighted by atomic mass is 19.4. The molecule has 1 aliphatic carbocycles. The molecule has 0 spiro atoms. The van der Waals surface area contributed by atoms with Gasteiger partial charge in [0.15, 0.2) is 17.7 Å². The maximum Gasteiger partial charge on any atom is 0.391 e. The van der Waals surface area contributed by atoms with E-state index in [1.807, 2.05) is 19.1 Å². The maximum atomic E-state index is 13.0. The van der Waals surface area contributed by atoms with Gasteiger partial charge in [-0.25, -0.2) is 14.5 Å². The van der Waals surface area contributed by atoms with E-state index in [0.717, 1.165) is 17.1 Å². The van der Waals surface area contributed by atoms with E-state index in [0.29, 0.717) is 38.2 Å². The SMILES string of the molecule is Cc1cc([C@H]2CN(C(=O)c3cocn3)CCO2)n2nc([C@H]3CC[C@H](C(F)(F)F)CC3)cc2n1. The van der Waals surface area contributed by atoms with Gasteiger partial charge in [-0.2, -0.15) is 18.3 Å². The lowest BCUT2D eigenvalue weighted by Crippen LogP contribution is -2.42. The van der Waals surface area contributed by atoms with Gasteiger partial charge in [-0.3, -0.25) is 4.79 Å². The van der Waals surface area contributed by atoms with Crippen LogP contribution in [0.3, 0.4) is 0 Å². The topological polar surface area (TPSA) is 85.8 Å². The number of oxazole rings is 1. The third-order valence-corrected chi connectivity index (χ3v) is 6.55. The zero-order valence-electron chi connectivity index (χ0n) is 18.1. The number of rotatable bonds is 3. The molecule has 8 nitrogen and oxygen atoms in total. The Kier molecular flexibility index (Phi) is 5.59. The minimum absolute atomic E-state index is 0.0315. The molecule has 0 N–H and O–H groups in total. The summed E-state index contributed by atoms with van der Waals surface area (Å²) in [5.74, 6) is -1.50. The van der Waals surface area contributed by atoms with Crippen LogP contribution in [0.1, 0.15) is 65.3 Å². The van der Waals surface area contributed by atoms with Crippen LogP contribution in [0.15, 0.2) is 29.2 Å². The average molecular weight is 463 g/mol. The Balaban J connectivity index is 1.39. The normalized spacial score (nSPS) is 24.4. The van der Waals surface area contributed by atoms with Gasteiger partial charge in [0.25, 0.3) is 5.91 Å². The zero-order valence-corrected chi connectivity index (χ0v) is 18.1. The standard InChI is InChI=1S/C22H24F3N5O3/c1-13-8-18(19-10-29(6-7-33-19)21(31)17-11-32-12-26-17)30-20(27-13)9-16(28-30)14-2-4-15(5-3-14)22(23,24)25/h8-9,11-12,14-15,19H,2-7,10H2,1H3/t14-,15-,19-/m1/s1. The summed E-state index contributed by atoms with van der Waals surface area (Å²) in [7, 11) is 0. The molecule has 0 radical (unpaired) electrons. The van der Waals surface area contributed by atoms with Gasteiger partial charge in [0, 0.05) is 24.2 Å². The number of amides is 1. The average Bonchev–Trinajstić information content (AvgIpc) is 3.48. The molecule has 1 atom stereocenters. The fourth-order valence-corrected chi connectivity index (χ4v) is 4.78. The zero-order chi connectivity index (χ0) is 23.2. The van der Waals surface area contributed by atoms with E-state index >= 15 is 0 Å². The van der Waals surface area contributed by atoms with Crippen LogP contribution in [-0.4, -0.2) is 56.3 Å². The molecular weight excluding hydrogens is 439 g/mol. The van der Waals surface area contributed by atoms with Gasteiger partial charge in [0.05, 0.1) is 30.5 Å². The van der Waals surface area contributed by atoms with E-state index in [-0.39, 0.29) is 30.4 Å². The number of hydrogen-bond donors (Lipinski definition) is 0. The monoisotopic (exact) mass is 463 g/mol. The molecule has 1 aliphatic heterocycles. The van der Waals surface area contributed by atoms with Crippen molar-refractivity contribution >= 4 is 11.6 Å². The minimum Gasteiger partial charge on any atom is -0.451 e. The molecule has 1 saturated heterocycles. The number of nitrogens with zero attached hydrogens (tertiary/aromatic N) is 5. The molecule has 4 heterocycles. The highest BCUT2D eigenvalue weighted by Gasteiger charge is 2.42. The molecule has 1 saturated carbocycles. The van der Waals surface area contributed by atoms with E-state index in [4.69, 9.17) is 14.3 Å². The van der Waals surface area contributed by atoms with Crippen LogP contribution in [0, 0.1) is 12.8 Å². The molecular formula is C22H24F3N5O3. The smallest absolute Gasteiger partial charge is 0.391 e. The Morgan fingerprint density at radius 3 is 2.67 bits per heavy atom. The summed E-state index contributed by atoms with van der Waals surface area (Å²) < 4.78 is 51.7. The molecule has 3 aromatic heterocycles. The van der Waals surface area contributed by atoms with Gasteiger partial charge in [-0.1, -0.05) is 0 Å². The number of carbonyl (C=O) groups is 1.